The summed E-state index contributed by atoms with van der Waals surface area (Å²) in [6.45, 7) is 1.99. The van der Waals surface area contributed by atoms with Gasteiger partial charge in [-0.05, 0) is 6.92 Å². The van der Waals surface area contributed by atoms with Crippen LogP contribution in [0.1, 0.15) is 19.2 Å². The van der Waals surface area contributed by atoms with E-state index in [1.165, 1.54) is 13.3 Å². The van der Waals surface area contributed by atoms with Crippen molar-refractivity contribution in [1.29, 1.82) is 5.26 Å². The van der Waals surface area contributed by atoms with E-state index in [0.717, 1.165) is 0 Å². The molecule has 62 valence electrons. The number of nitriles is 1. The van der Waals surface area contributed by atoms with Gasteiger partial charge in [0, 0.05) is 13.0 Å². The number of aromatic nitrogens is 3. The molecule has 0 radical (unpaired) electrons. The summed E-state index contributed by atoms with van der Waals surface area (Å²) in [4.78, 5) is 10.6. The Labute approximate surface area is 69.6 Å². The van der Waals surface area contributed by atoms with E-state index < -0.39 is 0 Å². The van der Waals surface area contributed by atoms with E-state index in [9.17, 15) is 4.79 Å². The summed E-state index contributed by atoms with van der Waals surface area (Å²) in [6, 6.07) is 1.88. The molecule has 1 rings (SSSR count). The Morgan fingerprint density at radius 3 is 3.17 bits per heavy atom. The fourth-order valence-corrected chi connectivity index (χ4v) is 0.783. The van der Waals surface area contributed by atoms with Gasteiger partial charge in [0.2, 0.25) is 5.82 Å². The Balaban J connectivity index is 2.64. The molecule has 5 nitrogen and oxygen atoms in total. The summed E-state index contributed by atoms with van der Waals surface area (Å²) in [5, 5.41) is 15.6. The molecule has 0 bridgehead atoms. The van der Waals surface area contributed by atoms with Gasteiger partial charge in [0.15, 0.2) is 0 Å². The van der Waals surface area contributed by atoms with E-state index in [2.05, 4.69) is 10.2 Å². The minimum absolute atomic E-state index is 0.0904. The predicted octanol–water partition coefficient (Wildman–Crippen LogP) is 0.129. The fraction of sp³-hybridized carbons (Fsp3) is 0.429. The Hall–Kier alpha value is -1.70. The van der Waals surface area contributed by atoms with Crippen LogP contribution in [0.4, 0.5) is 0 Å². The van der Waals surface area contributed by atoms with Gasteiger partial charge in [-0.3, -0.25) is 4.79 Å². The van der Waals surface area contributed by atoms with E-state index >= 15 is 0 Å². The maximum atomic E-state index is 10.6. The highest BCUT2D eigenvalue weighted by molar-refractivity contribution is 5.75. The number of hydrogen-bond donors (Lipinski definition) is 0. The number of rotatable bonds is 3. The molecule has 0 amide bonds. The summed E-state index contributed by atoms with van der Waals surface area (Å²) >= 11 is 0. The van der Waals surface area contributed by atoms with Crippen molar-refractivity contribution in [3.8, 4) is 6.07 Å². The summed E-state index contributed by atoms with van der Waals surface area (Å²) in [5.74, 6) is 0.337. The first-order chi connectivity index (χ1) is 5.74. The van der Waals surface area contributed by atoms with Gasteiger partial charge in [0.1, 0.15) is 18.2 Å². The van der Waals surface area contributed by atoms with Gasteiger partial charge in [-0.2, -0.15) is 5.26 Å². The Kier molecular flexibility index (Phi) is 2.53. The van der Waals surface area contributed by atoms with Crippen molar-refractivity contribution >= 4 is 5.78 Å². The standard InChI is InChI=1S/C7H8N4O/c1-6(12)2-3-11-5-9-10-7(11)4-8/h5H,2-3H2,1H3. The van der Waals surface area contributed by atoms with Gasteiger partial charge < -0.3 is 4.57 Å². The molecule has 0 atom stereocenters. The quantitative estimate of drug-likeness (QED) is 0.636. The van der Waals surface area contributed by atoms with Gasteiger partial charge in [-0.25, -0.2) is 0 Å². The van der Waals surface area contributed by atoms with E-state index in [4.69, 9.17) is 5.26 Å². The van der Waals surface area contributed by atoms with Crippen molar-refractivity contribution < 1.29 is 4.79 Å². The number of Topliss-reactive ketones (excluding diaryl/α,β-unsaturated/α-hetero) is 1. The molecule has 0 fully saturated rings. The molecule has 0 aliphatic heterocycles. The molecule has 0 saturated heterocycles. The number of carbonyl (C=O) groups excluding carboxylic acids is 1. The van der Waals surface area contributed by atoms with Crippen LogP contribution >= 0.6 is 0 Å². The minimum Gasteiger partial charge on any atom is -0.305 e. The Morgan fingerprint density at radius 1 is 1.83 bits per heavy atom. The molecule has 0 unspecified atom stereocenters. The lowest BCUT2D eigenvalue weighted by Gasteiger charge is -1.97. The monoisotopic (exact) mass is 164 g/mol. The summed E-state index contributed by atoms with van der Waals surface area (Å²) in [5.41, 5.74) is 0. The van der Waals surface area contributed by atoms with Gasteiger partial charge in [0.05, 0.1) is 0 Å². The van der Waals surface area contributed by atoms with Gasteiger partial charge in [-0.1, -0.05) is 0 Å². The largest absolute Gasteiger partial charge is 0.305 e. The van der Waals surface area contributed by atoms with E-state index in [1.54, 1.807) is 4.57 Å². The average molecular weight is 164 g/mol. The van der Waals surface area contributed by atoms with Crippen molar-refractivity contribution in [2.24, 2.45) is 0 Å². The van der Waals surface area contributed by atoms with Crippen LogP contribution < -0.4 is 0 Å². The number of carbonyl (C=O) groups is 1. The van der Waals surface area contributed by atoms with Gasteiger partial charge in [-0.15, -0.1) is 10.2 Å². The van der Waals surface area contributed by atoms with E-state index in [-0.39, 0.29) is 11.6 Å². The van der Waals surface area contributed by atoms with Gasteiger partial charge >= 0.3 is 0 Å². The summed E-state index contributed by atoms with van der Waals surface area (Å²) < 4.78 is 1.56. The van der Waals surface area contributed by atoms with Crippen LogP contribution in [0.2, 0.25) is 0 Å². The van der Waals surface area contributed by atoms with Crippen LogP contribution in [0.25, 0.3) is 0 Å². The lowest BCUT2D eigenvalue weighted by atomic mass is 10.3. The first kappa shape index (κ1) is 8.40. The molecule has 1 aromatic rings. The highest BCUT2D eigenvalue weighted by Crippen LogP contribution is 1.95. The first-order valence-electron chi connectivity index (χ1n) is 3.51. The minimum atomic E-state index is 0.0904. The van der Waals surface area contributed by atoms with Crippen LogP contribution in [0.15, 0.2) is 6.33 Å². The zero-order valence-electron chi connectivity index (χ0n) is 6.69. The van der Waals surface area contributed by atoms with Crippen molar-refractivity contribution in [3.63, 3.8) is 0 Å². The summed E-state index contributed by atoms with van der Waals surface area (Å²) in [6.07, 6.45) is 1.86. The molecular weight excluding hydrogens is 156 g/mol. The zero-order chi connectivity index (χ0) is 8.97. The second kappa shape index (κ2) is 3.62. The van der Waals surface area contributed by atoms with Gasteiger partial charge in [0.25, 0.3) is 0 Å². The van der Waals surface area contributed by atoms with E-state index in [1.807, 2.05) is 6.07 Å². The molecule has 0 saturated carbocycles. The number of ketones is 1. The number of nitrogens with zero attached hydrogens (tertiary/aromatic N) is 4. The Morgan fingerprint density at radius 2 is 2.58 bits per heavy atom. The zero-order valence-corrected chi connectivity index (χ0v) is 6.69. The normalized spacial score (nSPS) is 9.33. The van der Waals surface area contributed by atoms with Crippen molar-refractivity contribution in [1.82, 2.24) is 14.8 Å². The molecule has 12 heavy (non-hydrogen) atoms. The molecule has 0 aliphatic carbocycles. The number of aryl methyl sites for hydroxylation is 1. The SMILES string of the molecule is CC(=O)CCn1cnnc1C#N. The van der Waals surface area contributed by atoms with Crippen molar-refractivity contribution in [2.75, 3.05) is 0 Å². The third kappa shape index (κ3) is 1.89. The molecule has 0 N–H and O–H groups in total. The molecule has 0 spiro atoms. The van der Waals surface area contributed by atoms with E-state index in [0.29, 0.717) is 13.0 Å². The van der Waals surface area contributed by atoms with Crippen molar-refractivity contribution in [2.45, 2.75) is 19.9 Å². The second-order valence-electron chi connectivity index (χ2n) is 2.41. The molecule has 0 aliphatic rings. The van der Waals surface area contributed by atoms with Crippen LogP contribution in [0.3, 0.4) is 0 Å². The average Bonchev–Trinajstić information content (AvgIpc) is 2.47. The number of hydrogen-bond acceptors (Lipinski definition) is 4. The lowest BCUT2D eigenvalue weighted by Crippen LogP contribution is -2.03. The van der Waals surface area contributed by atoms with Crippen LogP contribution in [-0.2, 0) is 11.3 Å². The highest BCUT2D eigenvalue weighted by atomic mass is 16.1. The molecule has 1 aromatic heterocycles. The molecule has 5 heteroatoms. The molecule has 1 heterocycles. The van der Waals surface area contributed by atoms with Crippen LogP contribution in [-0.4, -0.2) is 20.5 Å². The molecule has 0 aromatic carbocycles. The van der Waals surface area contributed by atoms with Crippen molar-refractivity contribution in [3.05, 3.63) is 12.2 Å². The lowest BCUT2D eigenvalue weighted by molar-refractivity contribution is -0.117. The third-order valence-electron chi connectivity index (χ3n) is 1.42. The predicted molar refractivity (Wildman–Crippen MR) is 40.0 cm³/mol. The second-order valence-corrected chi connectivity index (χ2v) is 2.41. The van der Waals surface area contributed by atoms with Crippen LogP contribution in [0.5, 0.6) is 0 Å². The topological polar surface area (TPSA) is 71.6 Å². The maximum Gasteiger partial charge on any atom is 0.234 e. The summed E-state index contributed by atoms with van der Waals surface area (Å²) in [7, 11) is 0. The smallest absolute Gasteiger partial charge is 0.234 e. The maximum absolute atomic E-state index is 10.6. The fourth-order valence-electron chi connectivity index (χ4n) is 0.783. The first-order valence-corrected chi connectivity index (χ1v) is 3.51. The van der Waals surface area contributed by atoms with Crippen LogP contribution in [0, 0.1) is 11.3 Å². The third-order valence-corrected chi connectivity index (χ3v) is 1.42. The Bertz CT molecular complexity index is 322. The highest BCUT2D eigenvalue weighted by Gasteiger charge is 2.02. The molecular formula is C7H8N4O.